The van der Waals surface area contributed by atoms with E-state index in [0.29, 0.717) is 24.0 Å². The molecule has 0 spiro atoms. The number of pyridine rings is 1. The molecule has 20 heavy (non-hydrogen) atoms. The summed E-state index contributed by atoms with van der Waals surface area (Å²) >= 11 is 0. The number of hydrogen-bond acceptors (Lipinski definition) is 6. The maximum Gasteiger partial charge on any atom is 0.221 e. The van der Waals surface area contributed by atoms with Crippen LogP contribution in [-0.2, 0) is 6.42 Å². The molecule has 0 aromatic carbocycles. The Morgan fingerprint density at radius 1 is 1.15 bits per heavy atom. The SMILES string of the molecule is COc1cc(Cc2cnc(N)nc2N)c(C(C)C)cn1. The van der Waals surface area contributed by atoms with Crippen molar-refractivity contribution < 1.29 is 4.74 Å². The first kappa shape index (κ1) is 14.0. The Morgan fingerprint density at radius 3 is 2.50 bits per heavy atom. The highest BCUT2D eigenvalue weighted by molar-refractivity contribution is 5.46. The van der Waals surface area contributed by atoms with Gasteiger partial charge in [0, 0.05) is 30.4 Å². The van der Waals surface area contributed by atoms with E-state index >= 15 is 0 Å². The summed E-state index contributed by atoms with van der Waals surface area (Å²) in [5.41, 5.74) is 14.5. The molecule has 0 aliphatic rings. The normalized spacial score (nSPS) is 10.8. The summed E-state index contributed by atoms with van der Waals surface area (Å²) in [6, 6.07) is 1.92. The highest BCUT2D eigenvalue weighted by atomic mass is 16.5. The molecular formula is C14H19N5O. The van der Waals surface area contributed by atoms with Crippen LogP contribution in [0.2, 0.25) is 0 Å². The second-order valence-corrected chi connectivity index (χ2v) is 4.90. The van der Waals surface area contributed by atoms with Gasteiger partial charge >= 0.3 is 0 Å². The number of nitrogens with zero attached hydrogens (tertiary/aromatic N) is 3. The average molecular weight is 273 g/mol. The lowest BCUT2D eigenvalue weighted by molar-refractivity contribution is 0.397. The third-order valence-electron chi connectivity index (χ3n) is 3.13. The van der Waals surface area contributed by atoms with Crippen LogP contribution in [-0.4, -0.2) is 22.1 Å². The van der Waals surface area contributed by atoms with Crippen molar-refractivity contribution >= 4 is 11.8 Å². The minimum Gasteiger partial charge on any atom is -0.481 e. The monoisotopic (exact) mass is 273 g/mol. The lowest BCUT2D eigenvalue weighted by Gasteiger charge is -2.14. The van der Waals surface area contributed by atoms with Gasteiger partial charge in [0.2, 0.25) is 11.8 Å². The van der Waals surface area contributed by atoms with Crippen LogP contribution < -0.4 is 16.2 Å². The van der Waals surface area contributed by atoms with Gasteiger partial charge in [0.1, 0.15) is 5.82 Å². The van der Waals surface area contributed by atoms with Gasteiger partial charge in [0.25, 0.3) is 0 Å². The van der Waals surface area contributed by atoms with E-state index < -0.39 is 0 Å². The minimum absolute atomic E-state index is 0.183. The van der Waals surface area contributed by atoms with Crippen LogP contribution >= 0.6 is 0 Å². The highest BCUT2D eigenvalue weighted by Gasteiger charge is 2.12. The first-order valence-electron chi connectivity index (χ1n) is 6.41. The quantitative estimate of drug-likeness (QED) is 0.880. The molecule has 6 nitrogen and oxygen atoms in total. The number of nitrogen functional groups attached to an aromatic ring is 2. The summed E-state index contributed by atoms with van der Waals surface area (Å²) in [4.78, 5) is 12.2. The molecule has 2 aromatic rings. The number of ether oxygens (including phenoxy) is 1. The van der Waals surface area contributed by atoms with Crippen molar-refractivity contribution in [2.24, 2.45) is 0 Å². The largest absolute Gasteiger partial charge is 0.481 e. The van der Waals surface area contributed by atoms with Crippen LogP contribution in [0.1, 0.15) is 36.5 Å². The zero-order valence-electron chi connectivity index (χ0n) is 11.9. The molecule has 2 aromatic heterocycles. The van der Waals surface area contributed by atoms with Gasteiger partial charge in [-0.1, -0.05) is 13.8 Å². The lowest BCUT2D eigenvalue weighted by Crippen LogP contribution is -2.06. The van der Waals surface area contributed by atoms with Gasteiger partial charge in [0.05, 0.1) is 7.11 Å². The Balaban J connectivity index is 2.40. The fourth-order valence-corrected chi connectivity index (χ4v) is 2.05. The molecule has 6 heteroatoms. The Kier molecular flexibility index (Phi) is 4.02. The Labute approximate surface area is 118 Å². The molecule has 0 saturated heterocycles. The summed E-state index contributed by atoms with van der Waals surface area (Å²) in [5, 5.41) is 0. The molecule has 0 aliphatic heterocycles. The zero-order valence-corrected chi connectivity index (χ0v) is 11.9. The predicted molar refractivity (Wildman–Crippen MR) is 78.5 cm³/mol. The second-order valence-electron chi connectivity index (χ2n) is 4.90. The number of methoxy groups -OCH3 is 1. The van der Waals surface area contributed by atoms with Gasteiger partial charge < -0.3 is 16.2 Å². The number of hydrogen-bond donors (Lipinski definition) is 2. The number of rotatable bonds is 4. The maximum atomic E-state index is 5.89. The second kappa shape index (κ2) is 5.73. The average Bonchev–Trinajstić information content (AvgIpc) is 2.41. The number of nitrogens with two attached hydrogens (primary N) is 2. The van der Waals surface area contributed by atoms with Crippen LogP contribution in [0.15, 0.2) is 18.5 Å². The Hall–Kier alpha value is -2.37. The van der Waals surface area contributed by atoms with Crippen molar-refractivity contribution in [1.29, 1.82) is 0 Å². The molecule has 4 N–H and O–H groups in total. The number of anilines is 2. The molecular weight excluding hydrogens is 254 g/mol. The van der Waals surface area contributed by atoms with Crippen molar-refractivity contribution in [2.45, 2.75) is 26.2 Å². The van der Waals surface area contributed by atoms with E-state index in [1.165, 1.54) is 0 Å². The van der Waals surface area contributed by atoms with E-state index in [1.807, 2.05) is 12.3 Å². The van der Waals surface area contributed by atoms with Gasteiger partial charge in [-0.2, -0.15) is 4.98 Å². The first-order valence-corrected chi connectivity index (χ1v) is 6.41. The van der Waals surface area contributed by atoms with Crippen LogP contribution in [0, 0.1) is 0 Å². The van der Waals surface area contributed by atoms with E-state index in [2.05, 4.69) is 28.8 Å². The number of aromatic nitrogens is 3. The summed E-state index contributed by atoms with van der Waals surface area (Å²) in [6.45, 7) is 4.24. The molecule has 0 radical (unpaired) electrons. The van der Waals surface area contributed by atoms with Gasteiger partial charge in [-0.25, -0.2) is 9.97 Å². The van der Waals surface area contributed by atoms with Gasteiger partial charge in [-0.3, -0.25) is 0 Å². The molecule has 0 unspecified atom stereocenters. The molecule has 2 heterocycles. The standard InChI is InChI=1S/C14H19N5O/c1-8(2)11-7-17-12(20-3)5-9(11)4-10-6-18-14(16)19-13(10)15/h5-8H,4H2,1-3H3,(H4,15,16,18,19). The summed E-state index contributed by atoms with van der Waals surface area (Å²) in [7, 11) is 1.60. The van der Waals surface area contributed by atoms with E-state index in [1.54, 1.807) is 13.3 Å². The summed E-state index contributed by atoms with van der Waals surface area (Å²) in [5.74, 6) is 1.53. The minimum atomic E-state index is 0.183. The van der Waals surface area contributed by atoms with Crippen LogP contribution in [0.4, 0.5) is 11.8 Å². The topological polar surface area (TPSA) is 99.9 Å². The Morgan fingerprint density at radius 2 is 1.90 bits per heavy atom. The maximum absolute atomic E-state index is 5.89. The first-order chi connectivity index (χ1) is 9.51. The summed E-state index contributed by atoms with van der Waals surface area (Å²) in [6.07, 6.45) is 4.13. The molecule has 0 atom stereocenters. The van der Waals surface area contributed by atoms with E-state index in [0.717, 1.165) is 16.7 Å². The lowest BCUT2D eigenvalue weighted by atomic mass is 9.95. The molecule has 0 bridgehead atoms. The third-order valence-corrected chi connectivity index (χ3v) is 3.13. The third kappa shape index (κ3) is 2.96. The molecule has 0 amide bonds. The molecule has 2 rings (SSSR count). The van der Waals surface area contributed by atoms with Crippen molar-refractivity contribution in [1.82, 2.24) is 15.0 Å². The van der Waals surface area contributed by atoms with Crippen molar-refractivity contribution in [3.8, 4) is 5.88 Å². The van der Waals surface area contributed by atoms with Crippen LogP contribution in [0.25, 0.3) is 0 Å². The van der Waals surface area contributed by atoms with Crippen LogP contribution in [0.5, 0.6) is 5.88 Å². The molecule has 0 fully saturated rings. The fourth-order valence-electron chi connectivity index (χ4n) is 2.05. The zero-order chi connectivity index (χ0) is 14.7. The van der Waals surface area contributed by atoms with Crippen molar-refractivity contribution in [3.63, 3.8) is 0 Å². The van der Waals surface area contributed by atoms with Gasteiger partial charge in [-0.05, 0) is 17.0 Å². The van der Waals surface area contributed by atoms with E-state index in [9.17, 15) is 0 Å². The fraction of sp³-hybridized carbons (Fsp3) is 0.357. The van der Waals surface area contributed by atoms with Gasteiger partial charge in [0.15, 0.2) is 0 Å². The molecule has 0 saturated carbocycles. The van der Waals surface area contributed by atoms with Crippen molar-refractivity contribution in [3.05, 3.63) is 35.2 Å². The summed E-state index contributed by atoms with van der Waals surface area (Å²) < 4.78 is 5.18. The van der Waals surface area contributed by atoms with Crippen molar-refractivity contribution in [2.75, 3.05) is 18.6 Å². The van der Waals surface area contributed by atoms with E-state index in [-0.39, 0.29) is 5.95 Å². The molecule has 106 valence electrons. The predicted octanol–water partition coefficient (Wildman–Crippen LogP) is 1.76. The molecule has 0 aliphatic carbocycles. The smallest absolute Gasteiger partial charge is 0.221 e. The van der Waals surface area contributed by atoms with Gasteiger partial charge in [-0.15, -0.1) is 0 Å². The van der Waals surface area contributed by atoms with E-state index in [4.69, 9.17) is 16.2 Å². The highest BCUT2D eigenvalue weighted by Crippen LogP contribution is 2.25. The van der Waals surface area contributed by atoms with Crippen LogP contribution in [0.3, 0.4) is 0 Å². The Bertz CT molecular complexity index is 613.